The van der Waals surface area contributed by atoms with Gasteiger partial charge in [-0.05, 0) is 82.9 Å². The summed E-state index contributed by atoms with van der Waals surface area (Å²) in [7, 11) is 0. The molecule has 0 aliphatic rings. The molecule has 0 N–H and O–H groups in total. The quantitative estimate of drug-likeness (QED) is 0.212. The molecule has 0 unspecified atom stereocenters. The standard InChI is InChI=1S/C36H27NS/c1-4-10-28(11-5-1)30-16-20-33(21-17-30)37(32-14-8-3-9-15-32)34-22-26-36(27-23-34)38-35-24-18-31(19-25-35)29-12-6-2-7-13-29/h1-27H. The Labute approximate surface area is 229 Å². The third-order valence-electron chi connectivity index (χ3n) is 6.54. The molecule has 2 heteroatoms. The SMILES string of the molecule is c1ccc(-c2ccc(Sc3ccc(N(c4ccccc4)c4ccc(-c5ccccc5)cc4)cc3)cc2)cc1. The molecule has 6 aromatic carbocycles. The van der Waals surface area contributed by atoms with Crippen LogP contribution < -0.4 is 4.90 Å². The molecule has 182 valence electrons. The fraction of sp³-hybridized carbons (Fsp3) is 0. The van der Waals surface area contributed by atoms with Gasteiger partial charge in [-0.25, -0.2) is 0 Å². The van der Waals surface area contributed by atoms with Gasteiger partial charge in [-0.15, -0.1) is 0 Å². The second kappa shape index (κ2) is 11.2. The molecular formula is C36H27NS. The third kappa shape index (κ3) is 5.41. The molecule has 0 radical (unpaired) electrons. The van der Waals surface area contributed by atoms with Crippen molar-refractivity contribution in [3.8, 4) is 22.3 Å². The van der Waals surface area contributed by atoms with Crippen molar-refractivity contribution >= 4 is 28.8 Å². The van der Waals surface area contributed by atoms with Crippen LogP contribution in [0.1, 0.15) is 0 Å². The van der Waals surface area contributed by atoms with Crippen LogP contribution in [0.5, 0.6) is 0 Å². The first kappa shape index (κ1) is 23.8. The summed E-state index contributed by atoms with van der Waals surface area (Å²) in [4.78, 5) is 4.75. The van der Waals surface area contributed by atoms with E-state index in [9.17, 15) is 0 Å². The Kier molecular flexibility index (Phi) is 7.06. The molecule has 0 fully saturated rings. The highest BCUT2D eigenvalue weighted by molar-refractivity contribution is 7.99. The normalized spacial score (nSPS) is 10.7. The van der Waals surface area contributed by atoms with Crippen molar-refractivity contribution in [2.45, 2.75) is 9.79 Å². The van der Waals surface area contributed by atoms with E-state index in [1.54, 1.807) is 11.8 Å². The Morgan fingerprint density at radius 2 is 0.605 bits per heavy atom. The topological polar surface area (TPSA) is 3.24 Å². The van der Waals surface area contributed by atoms with E-state index in [1.165, 1.54) is 32.0 Å². The van der Waals surface area contributed by atoms with E-state index in [-0.39, 0.29) is 0 Å². The monoisotopic (exact) mass is 505 g/mol. The van der Waals surface area contributed by atoms with E-state index in [4.69, 9.17) is 0 Å². The van der Waals surface area contributed by atoms with Gasteiger partial charge in [-0.1, -0.05) is 115 Å². The van der Waals surface area contributed by atoms with Crippen LogP contribution in [0.25, 0.3) is 22.3 Å². The molecule has 0 heterocycles. The molecule has 0 saturated carbocycles. The molecule has 0 aromatic heterocycles. The highest BCUT2D eigenvalue weighted by Gasteiger charge is 2.13. The van der Waals surface area contributed by atoms with E-state index in [0.29, 0.717) is 0 Å². The Bertz CT molecular complexity index is 1580. The zero-order chi connectivity index (χ0) is 25.6. The summed E-state index contributed by atoms with van der Waals surface area (Å²) in [6.45, 7) is 0. The lowest BCUT2D eigenvalue weighted by Crippen LogP contribution is -2.09. The first-order valence-corrected chi connectivity index (χ1v) is 13.6. The third-order valence-corrected chi connectivity index (χ3v) is 7.55. The Morgan fingerprint density at radius 3 is 1.08 bits per heavy atom. The van der Waals surface area contributed by atoms with Crippen LogP contribution in [0.15, 0.2) is 174 Å². The minimum atomic E-state index is 1.13. The summed E-state index contributed by atoms with van der Waals surface area (Å²) >= 11 is 1.78. The van der Waals surface area contributed by atoms with Crippen molar-refractivity contribution in [3.63, 3.8) is 0 Å². The van der Waals surface area contributed by atoms with E-state index >= 15 is 0 Å². The van der Waals surface area contributed by atoms with Gasteiger partial charge in [0.25, 0.3) is 0 Å². The maximum absolute atomic E-state index is 2.30. The van der Waals surface area contributed by atoms with Crippen molar-refractivity contribution in [3.05, 3.63) is 164 Å². The van der Waals surface area contributed by atoms with Gasteiger partial charge < -0.3 is 4.90 Å². The van der Waals surface area contributed by atoms with Crippen molar-refractivity contribution in [1.29, 1.82) is 0 Å². The van der Waals surface area contributed by atoms with Gasteiger partial charge in [0.15, 0.2) is 0 Å². The Hall–Kier alpha value is -4.53. The molecular weight excluding hydrogens is 478 g/mol. The van der Waals surface area contributed by atoms with E-state index in [2.05, 4.69) is 169 Å². The van der Waals surface area contributed by atoms with Crippen LogP contribution in [0, 0.1) is 0 Å². The maximum Gasteiger partial charge on any atom is 0.0462 e. The number of benzene rings is 6. The molecule has 6 aromatic rings. The molecule has 0 atom stereocenters. The molecule has 1 nitrogen and oxygen atoms in total. The molecule has 0 bridgehead atoms. The minimum Gasteiger partial charge on any atom is -0.311 e. The first-order chi connectivity index (χ1) is 18.8. The number of para-hydroxylation sites is 1. The second-order valence-electron chi connectivity index (χ2n) is 9.07. The summed E-state index contributed by atoms with van der Waals surface area (Å²) in [5, 5.41) is 0. The van der Waals surface area contributed by atoms with Crippen LogP contribution >= 0.6 is 11.8 Å². The van der Waals surface area contributed by atoms with Crippen LogP contribution in [0.2, 0.25) is 0 Å². The highest BCUT2D eigenvalue weighted by atomic mass is 32.2. The van der Waals surface area contributed by atoms with Crippen LogP contribution in [0.4, 0.5) is 17.1 Å². The minimum absolute atomic E-state index is 1.13. The predicted octanol–water partition coefficient (Wildman–Crippen LogP) is 10.6. The first-order valence-electron chi connectivity index (χ1n) is 12.8. The van der Waals surface area contributed by atoms with Crippen LogP contribution in [-0.4, -0.2) is 0 Å². The van der Waals surface area contributed by atoms with E-state index < -0.39 is 0 Å². The van der Waals surface area contributed by atoms with E-state index in [1.807, 2.05) is 0 Å². The lowest BCUT2D eigenvalue weighted by Gasteiger charge is -2.25. The van der Waals surface area contributed by atoms with Crippen LogP contribution in [-0.2, 0) is 0 Å². The van der Waals surface area contributed by atoms with Gasteiger partial charge in [0, 0.05) is 26.9 Å². The zero-order valence-corrected chi connectivity index (χ0v) is 21.8. The number of anilines is 3. The average Bonchev–Trinajstić information content (AvgIpc) is 3.00. The smallest absolute Gasteiger partial charge is 0.0462 e. The number of nitrogens with zero attached hydrogens (tertiary/aromatic N) is 1. The molecule has 0 amide bonds. The highest BCUT2D eigenvalue weighted by Crippen LogP contribution is 2.37. The Morgan fingerprint density at radius 1 is 0.289 bits per heavy atom. The van der Waals surface area contributed by atoms with Gasteiger partial charge in [-0.3, -0.25) is 0 Å². The van der Waals surface area contributed by atoms with Gasteiger partial charge >= 0.3 is 0 Å². The molecule has 38 heavy (non-hydrogen) atoms. The molecule has 0 spiro atoms. The molecule has 0 aliphatic carbocycles. The van der Waals surface area contributed by atoms with Crippen molar-refractivity contribution in [2.75, 3.05) is 4.90 Å². The average molecular weight is 506 g/mol. The maximum atomic E-state index is 2.30. The van der Waals surface area contributed by atoms with Crippen molar-refractivity contribution in [2.24, 2.45) is 0 Å². The summed E-state index contributed by atoms with van der Waals surface area (Å²) < 4.78 is 0. The summed E-state index contributed by atoms with van der Waals surface area (Å²) in [5.41, 5.74) is 8.32. The fourth-order valence-electron chi connectivity index (χ4n) is 4.60. The predicted molar refractivity (Wildman–Crippen MR) is 163 cm³/mol. The van der Waals surface area contributed by atoms with Gasteiger partial charge in [0.2, 0.25) is 0 Å². The Balaban J connectivity index is 1.24. The van der Waals surface area contributed by atoms with Gasteiger partial charge in [0.05, 0.1) is 0 Å². The lowest BCUT2D eigenvalue weighted by molar-refractivity contribution is 1.27. The van der Waals surface area contributed by atoms with E-state index in [0.717, 1.165) is 17.1 Å². The number of hydrogen-bond acceptors (Lipinski definition) is 2. The molecule has 0 aliphatic heterocycles. The summed E-state index contributed by atoms with van der Waals surface area (Å²) in [6.07, 6.45) is 0. The molecule has 0 saturated heterocycles. The van der Waals surface area contributed by atoms with Gasteiger partial charge in [-0.2, -0.15) is 0 Å². The fourth-order valence-corrected chi connectivity index (χ4v) is 5.42. The molecule has 6 rings (SSSR count). The van der Waals surface area contributed by atoms with Crippen LogP contribution in [0.3, 0.4) is 0 Å². The summed E-state index contributed by atoms with van der Waals surface area (Å²) in [6, 6.07) is 58.0. The largest absolute Gasteiger partial charge is 0.311 e. The lowest BCUT2D eigenvalue weighted by atomic mass is 10.0. The number of rotatable bonds is 7. The number of hydrogen-bond donors (Lipinski definition) is 0. The van der Waals surface area contributed by atoms with Crippen molar-refractivity contribution in [1.82, 2.24) is 0 Å². The summed E-state index contributed by atoms with van der Waals surface area (Å²) in [5.74, 6) is 0. The van der Waals surface area contributed by atoms with Gasteiger partial charge in [0.1, 0.15) is 0 Å². The zero-order valence-electron chi connectivity index (χ0n) is 20.9. The van der Waals surface area contributed by atoms with Crippen molar-refractivity contribution < 1.29 is 0 Å². The second-order valence-corrected chi connectivity index (χ2v) is 10.2.